The first-order valence-electron chi connectivity index (χ1n) is 10.7. The van der Waals surface area contributed by atoms with Gasteiger partial charge in [0.25, 0.3) is 5.91 Å². The molecule has 1 aromatic heterocycles. The van der Waals surface area contributed by atoms with Crippen molar-refractivity contribution in [3.63, 3.8) is 0 Å². The number of aromatic nitrogens is 2. The molecule has 0 bridgehead atoms. The molecule has 6 heteroatoms. The van der Waals surface area contributed by atoms with Crippen LogP contribution in [0.15, 0.2) is 48.6 Å². The van der Waals surface area contributed by atoms with Crippen molar-refractivity contribution in [1.82, 2.24) is 15.5 Å². The number of amides is 1. The Morgan fingerprint density at radius 2 is 2.23 bits per heavy atom. The van der Waals surface area contributed by atoms with Crippen molar-refractivity contribution in [3.8, 4) is 0 Å². The Bertz CT molecular complexity index is 950. The second-order valence-corrected chi connectivity index (χ2v) is 8.65. The van der Waals surface area contributed by atoms with Crippen molar-refractivity contribution in [1.29, 1.82) is 0 Å². The molecule has 2 aromatic rings. The number of hydrogen-bond acceptors (Lipinski definition) is 3. The first kappa shape index (κ1) is 20.9. The summed E-state index contributed by atoms with van der Waals surface area (Å²) in [5.41, 5.74) is 3.75. The standard InChI is InChI=1S/C24H28ClN3O2/c25-19-11-6-7-16(14-19)13-18-10-4-5-12-20-22(18)27-28-23(20)24(30)26-21(15-29)17-8-2-1-3-9-17/h1-3,6-8,11,14,17-18,21,29H,4-5,9-10,12-13,15H2,(H,26,30)(H,27,28)/t17?,18-,21+/m1/s1. The number of nitrogens with one attached hydrogen (secondary N) is 2. The number of nitrogens with zero attached hydrogens (tertiary/aromatic N) is 1. The highest BCUT2D eigenvalue weighted by Gasteiger charge is 2.29. The molecule has 0 fully saturated rings. The third-order valence-corrected chi connectivity index (χ3v) is 6.40. The molecule has 3 N–H and O–H groups in total. The van der Waals surface area contributed by atoms with E-state index >= 15 is 0 Å². The Balaban J connectivity index is 1.53. The molecular formula is C24H28ClN3O2. The van der Waals surface area contributed by atoms with Gasteiger partial charge in [-0.05, 0) is 49.8 Å². The molecular weight excluding hydrogens is 398 g/mol. The second kappa shape index (κ2) is 9.63. The van der Waals surface area contributed by atoms with Crippen LogP contribution in [0.25, 0.3) is 0 Å². The number of hydrogen-bond donors (Lipinski definition) is 3. The molecule has 0 saturated carbocycles. The topological polar surface area (TPSA) is 78.0 Å². The molecule has 1 amide bonds. The van der Waals surface area contributed by atoms with Crippen molar-refractivity contribution < 1.29 is 9.90 Å². The zero-order chi connectivity index (χ0) is 20.9. The minimum atomic E-state index is -0.320. The summed E-state index contributed by atoms with van der Waals surface area (Å²) < 4.78 is 0. The van der Waals surface area contributed by atoms with Crippen molar-refractivity contribution in [2.75, 3.05) is 6.61 Å². The Morgan fingerprint density at radius 3 is 3.00 bits per heavy atom. The number of halogens is 1. The summed E-state index contributed by atoms with van der Waals surface area (Å²) in [4.78, 5) is 13.0. The van der Waals surface area contributed by atoms with E-state index in [0.29, 0.717) is 5.69 Å². The normalized spacial score (nSPS) is 21.7. The lowest BCUT2D eigenvalue weighted by Gasteiger charge is -2.24. The molecule has 0 radical (unpaired) electrons. The maximum atomic E-state index is 13.0. The predicted octanol–water partition coefficient (Wildman–Crippen LogP) is 4.34. The van der Waals surface area contributed by atoms with Gasteiger partial charge in [-0.1, -0.05) is 54.5 Å². The maximum absolute atomic E-state index is 13.0. The van der Waals surface area contributed by atoms with E-state index in [0.717, 1.165) is 54.8 Å². The SMILES string of the molecule is O=C(N[C@@H](CO)C1C=CC=CC1)c1n[nH]c2c1CCCC[C@@H]2Cc1cccc(Cl)c1. The van der Waals surface area contributed by atoms with Gasteiger partial charge in [0.2, 0.25) is 0 Å². The zero-order valence-electron chi connectivity index (χ0n) is 17.0. The fraction of sp³-hybridized carbons (Fsp3) is 0.417. The van der Waals surface area contributed by atoms with Gasteiger partial charge in [0.15, 0.2) is 5.69 Å². The molecule has 1 aromatic carbocycles. The van der Waals surface area contributed by atoms with E-state index in [1.807, 2.05) is 36.4 Å². The Labute approximate surface area is 182 Å². The summed E-state index contributed by atoms with van der Waals surface area (Å²) in [6.45, 7) is -0.0986. The van der Waals surface area contributed by atoms with Crippen molar-refractivity contribution >= 4 is 17.5 Å². The van der Waals surface area contributed by atoms with Crippen LogP contribution in [0.5, 0.6) is 0 Å². The molecule has 1 unspecified atom stereocenters. The Kier molecular flexibility index (Phi) is 6.70. The summed E-state index contributed by atoms with van der Waals surface area (Å²) in [6, 6.07) is 7.65. The number of allylic oxidation sites excluding steroid dienone is 3. The molecule has 1 heterocycles. The maximum Gasteiger partial charge on any atom is 0.272 e. The van der Waals surface area contributed by atoms with Gasteiger partial charge in [0, 0.05) is 28.1 Å². The second-order valence-electron chi connectivity index (χ2n) is 8.22. The van der Waals surface area contributed by atoms with E-state index < -0.39 is 0 Å². The average molecular weight is 426 g/mol. The summed E-state index contributed by atoms with van der Waals surface area (Å²) in [5.74, 6) is 0.171. The van der Waals surface area contributed by atoms with Crippen molar-refractivity contribution in [3.05, 3.63) is 76.1 Å². The van der Waals surface area contributed by atoms with Gasteiger partial charge in [0.05, 0.1) is 12.6 Å². The molecule has 0 spiro atoms. The molecule has 2 aliphatic carbocycles. The van der Waals surface area contributed by atoms with Crippen LogP contribution in [-0.2, 0) is 12.8 Å². The van der Waals surface area contributed by atoms with Gasteiger partial charge < -0.3 is 10.4 Å². The molecule has 158 valence electrons. The number of fused-ring (bicyclic) bond motifs is 1. The highest BCUT2D eigenvalue weighted by molar-refractivity contribution is 6.30. The highest BCUT2D eigenvalue weighted by atomic mass is 35.5. The first-order chi connectivity index (χ1) is 14.7. The van der Waals surface area contributed by atoms with Gasteiger partial charge in [-0.3, -0.25) is 9.89 Å². The van der Waals surface area contributed by atoms with E-state index in [1.165, 1.54) is 5.56 Å². The van der Waals surface area contributed by atoms with E-state index in [4.69, 9.17) is 11.6 Å². The highest BCUT2D eigenvalue weighted by Crippen LogP contribution is 2.33. The summed E-state index contributed by atoms with van der Waals surface area (Å²) in [7, 11) is 0. The van der Waals surface area contributed by atoms with Gasteiger partial charge >= 0.3 is 0 Å². The number of aromatic amines is 1. The number of H-pyrrole nitrogens is 1. The van der Waals surface area contributed by atoms with Crippen molar-refractivity contribution in [2.24, 2.45) is 5.92 Å². The third-order valence-electron chi connectivity index (χ3n) is 6.17. The summed E-state index contributed by atoms with van der Waals surface area (Å²) in [6.07, 6.45) is 13.8. The monoisotopic (exact) mass is 425 g/mol. The number of rotatable bonds is 6. The number of aliphatic hydroxyl groups excluding tert-OH is 1. The van der Waals surface area contributed by atoms with Crippen LogP contribution in [0.3, 0.4) is 0 Å². The van der Waals surface area contributed by atoms with Gasteiger partial charge in [-0.2, -0.15) is 5.10 Å². The van der Waals surface area contributed by atoms with Crippen LogP contribution in [0.2, 0.25) is 5.02 Å². The first-order valence-corrected chi connectivity index (χ1v) is 11.1. The lowest BCUT2D eigenvalue weighted by atomic mass is 9.91. The van der Waals surface area contributed by atoms with E-state index in [1.54, 1.807) is 0 Å². The average Bonchev–Trinajstić information content (AvgIpc) is 3.09. The molecule has 0 saturated heterocycles. The van der Waals surface area contributed by atoms with E-state index in [9.17, 15) is 9.90 Å². The number of aliphatic hydroxyl groups is 1. The molecule has 3 atom stereocenters. The van der Waals surface area contributed by atoms with Crippen LogP contribution in [0.1, 0.15) is 58.9 Å². The molecule has 30 heavy (non-hydrogen) atoms. The minimum Gasteiger partial charge on any atom is -0.394 e. The number of carbonyl (C=O) groups is 1. The van der Waals surface area contributed by atoms with Crippen molar-refractivity contribution in [2.45, 2.75) is 50.5 Å². The Morgan fingerprint density at radius 1 is 1.33 bits per heavy atom. The lowest BCUT2D eigenvalue weighted by molar-refractivity contribution is 0.0893. The molecule has 5 nitrogen and oxygen atoms in total. The fourth-order valence-corrected chi connectivity index (χ4v) is 4.78. The quantitative estimate of drug-likeness (QED) is 0.602. The van der Waals surface area contributed by atoms with Crippen LogP contribution in [0.4, 0.5) is 0 Å². The molecule has 2 aliphatic rings. The smallest absolute Gasteiger partial charge is 0.272 e. The number of benzene rings is 1. The van der Waals surface area contributed by atoms with Crippen LogP contribution in [0, 0.1) is 5.92 Å². The third kappa shape index (κ3) is 4.68. The van der Waals surface area contributed by atoms with Crippen LogP contribution >= 0.6 is 11.6 Å². The fourth-order valence-electron chi connectivity index (χ4n) is 4.57. The summed E-state index contributed by atoms with van der Waals surface area (Å²) >= 11 is 6.16. The van der Waals surface area contributed by atoms with E-state index in [-0.39, 0.29) is 30.4 Å². The molecule has 0 aliphatic heterocycles. The minimum absolute atomic E-state index is 0.0945. The number of carbonyl (C=O) groups excluding carboxylic acids is 1. The Hall–Kier alpha value is -2.37. The summed E-state index contributed by atoms with van der Waals surface area (Å²) in [5, 5.41) is 21.2. The van der Waals surface area contributed by atoms with Crippen LogP contribution < -0.4 is 5.32 Å². The van der Waals surface area contributed by atoms with Gasteiger partial charge in [0.1, 0.15) is 0 Å². The van der Waals surface area contributed by atoms with Gasteiger partial charge in [-0.25, -0.2) is 0 Å². The van der Waals surface area contributed by atoms with E-state index in [2.05, 4.69) is 27.7 Å². The van der Waals surface area contributed by atoms with Crippen LogP contribution in [-0.4, -0.2) is 33.9 Å². The zero-order valence-corrected chi connectivity index (χ0v) is 17.7. The lowest BCUT2D eigenvalue weighted by Crippen LogP contribution is -2.43. The predicted molar refractivity (Wildman–Crippen MR) is 119 cm³/mol. The van der Waals surface area contributed by atoms with Gasteiger partial charge in [-0.15, -0.1) is 0 Å². The largest absolute Gasteiger partial charge is 0.394 e. The molecule has 4 rings (SSSR count).